The molecule has 112 valence electrons. The minimum atomic E-state index is -0.362. The number of aromatic nitrogens is 2. The number of rotatable bonds is 5. The van der Waals surface area contributed by atoms with Crippen LogP contribution in [0.1, 0.15) is 23.9 Å². The molecule has 0 saturated carbocycles. The molecule has 1 heterocycles. The van der Waals surface area contributed by atoms with E-state index in [1.54, 1.807) is 12.1 Å². The fraction of sp³-hybridized carbons (Fsp3) is 0.357. The van der Waals surface area contributed by atoms with Crippen LogP contribution >= 0.6 is 15.9 Å². The SMILES string of the molecule is CCNc1ccc(Cn2nc(C)c(Br)c2C)cc1[N+](=O)[O-]. The Labute approximate surface area is 131 Å². The lowest BCUT2D eigenvalue weighted by atomic mass is 10.1. The highest BCUT2D eigenvalue weighted by atomic mass is 79.9. The Hall–Kier alpha value is -1.89. The van der Waals surface area contributed by atoms with E-state index < -0.39 is 0 Å². The zero-order valence-electron chi connectivity index (χ0n) is 12.2. The van der Waals surface area contributed by atoms with Crippen LogP contribution in [0.2, 0.25) is 0 Å². The predicted molar refractivity (Wildman–Crippen MR) is 85.8 cm³/mol. The monoisotopic (exact) mass is 352 g/mol. The quantitative estimate of drug-likeness (QED) is 0.658. The first-order chi connectivity index (χ1) is 9.93. The number of anilines is 1. The average molecular weight is 353 g/mol. The average Bonchev–Trinajstić information content (AvgIpc) is 2.68. The van der Waals surface area contributed by atoms with E-state index in [1.807, 2.05) is 31.5 Å². The largest absolute Gasteiger partial charge is 0.380 e. The molecule has 6 nitrogen and oxygen atoms in total. The van der Waals surface area contributed by atoms with E-state index >= 15 is 0 Å². The molecule has 0 bridgehead atoms. The summed E-state index contributed by atoms with van der Waals surface area (Å²) in [6, 6.07) is 5.23. The Balaban J connectivity index is 2.34. The van der Waals surface area contributed by atoms with Gasteiger partial charge in [-0.1, -0.05) is 6.07 Å². The summed E-state index contributed by atoms with van der Waals surface area (Å²) in [5, 5.41) is 18.6. The Bertz CT molecular complexity index is 682. The molecule has 0 saturated heterocycles. The molecule has 2 rings (SSSR count). The van der Waals surface area contributed by atoms with Crippen molar-refractivity contribution in [3.8, 4) is 0 Å². The molecular weight excluding hydrogens is 336 g/mol. The maximum atomic E-state index is 11.2. The van der Waals surface area contributed by atoms with Crippen LogP contribution in [0.5, 0.6) is 0 Å². The topological polar surface area (TPSA) is 73.0 Å². The summed E-state index contributed by atoms with van der Waals surface area (Å²) < 4.78 is 2.81. The molecule has 1 aromatic heterocycles. The summed E-state index contributed by atoms with van der Waals surface area (Å²) in [5.41, 5.74) is 3.40. The molecule has 0 atom stereocenters. The lowest BCUT2D eigenvalue weighted by molar-refractivity contribution is -0.384. The molecule has 0 unspecified atom stereocenters. The van der Waals surface area contributed by atoms with E-state index in [-0.39, 0.29) is 10.6 Å². The van der Waals surface area contributed by atoms with E-state index in [9.17, 15) is 10.1 Å². The van der Waals surface area contributed by atoms with Crippen molar-refractivity contribution in [1.82, 2.24) is 9.78 Å². The number of nitrogens with one attached hydrogen (secondary N) is 1. The fourth-order valence-electron chi connectivity index (χ4n) is 2.17. The second-order valence-electron chi connectivity index (χ2n) is 4.78. The van der Waals surface area contributed by atoms with Gasteiger partial charge in [0, 0.05) is 12.6 Å². The molecule has 0 spiro atoms. The highest BCUT2D eigenvalue weighted by molar-refractivity contribution is 9.10. The second kappa shape index (κ2) is 6.26. The summed E-state index contributed by atoms with van der Waals surface area (Å²) in [6.45, 7) is 6.94. The summed E-state index contributed by atoms with van der Waals surface area (Å²) in [4.78, 5) is 10.8. The van der Waals surface area contributed by atoms with Crippen LogP contribution in [0.15, 0.2) is 22.7 Å². The zero-order chi connectivity index (χ0) is 15.6. The summed E-state index contributed by atoms with van der Waals surface area (Å²) in [6.07, 6.45) is 0. The van der Waals surface area contributed by atoms with Gasteiger partial charge in [0.2, 0.25) is 0 Å². The van der Waals surface area contributed by atoms with E-state index in [1.165, 1.54) is 0 Å². The molecule has 0 aliphatic heterocycles. The van der Waals surface area contributed by atoms with E-state index in [0.717, 1.165) is 21.4 Å². The molecule has 0 fully saturated rings. The number of nitrogens with zero attached hydrogens (tertiary/aromatic N) is 3. The van der Waals surface area contributed by atoms with Gasteiger partial charge in [-0.25, -0.2) is 0 Å². The van der Waals surface area contributed by atoms with Gasteiger partial charge in [0.25, 0.3) is 5.69 Å². The van der Waals surface area contributed by atoms with Crippen molar-refractivity contribution in [2.75, 3.05) is 11.9 Å². The third-order valence-electron chi connectivity index (χ3n) is 3.25. The lowest BCUT2D eigenvalue weighted by Crippen LogP contribution is -2.06. The Kier molecular flexibility index (Phi) is 4.62. The van der Waals surface area contributed by atoms with Crippen molar-refractivity contribution >= 4 is 27.3 Å². The number of hydrogen-bond donors (Lipinski definition) is 1. The van der Waals surface area contributed by atoms with Crippen LogP contribution in [-0.4, -0.2) is 21.2 Å². The second-order valence-corrected chi connectivity index (χ2v) is 5.57. The van der Waals surface area contributed by atoms with E-state index in [2.05, 4.69) is 26.3 Å². The third-order valence-corrected chi connectivity index (χ3v) is 4.40. The molecule has 1 aromatic carbocycles. The first-order valence-electron chi connectivity index (χ1n) is 6.64. The van der Waals surface area contributed by atoms with Gasteiger partial charge in [0.05, 0.1) is 27.3 Å². The highest BCUT2D eigenvalue weighted by Crippen LogP contribution is 2.27. The van der Waals surface area contributed by atoms with Gasteiger partial charge in [0.15, 0.2) is 0 Å². The number of nitro benzene ring substituents is 1. The standard InChI is InChI=1S/C14H17BrN4O2/c1-4-16-12-6-5-11(7-13(12)19(20)21)8-18-10(3)14(15)9(2)17-18/h5-7,16H,4,8H2,1-3H3. The predicted octanol–water partition coefficient (Wildman–Crippen LogP) is 3.65. The van der Waals surface area contributed by atoms with Gasteiger partial charge in [-0.15, -0.1) is 0 Å². The number of benzene rings is 1. The van der Waals surface area contributed by atoms with Gasteiger partial charge in [-0.05, 0) is 48.3 Å². The highest BCUT2D eigenvalue weighted by Gasteiger charge is 2.15. The van der Waals surface area contributed by atoms with Gasteiger partial charge in [0.1, 0.15) is 5.69 Å². The minimum Gasteiger partial charge on any atom is -0.380 e. The van der Waals surface area contributed by atoms with Crippen LogP contribution in [-0.2, 0) is 6.54 Å². The molecule has 1 N–H and O–H groups in total. The van der Waals surface area contributed by atoms with Gasteiger partial charge in [-0.2, -0.15) is 5.10 Å². The van der Waals surface area contributed by atoms with Crippen molar-refractivity contribution in [2.24, 2.45) is 0 Å². The fourth-order valence-corrected chi connectivity index (χ4v) is 2.45. The summed E-state index contributed by atoms with van der Waals surface area (Å²) in [7, 11) is 0. The zero-order valence-corrected chi connectivity index (χ0v) is 13.8. The van der Waals surface area contributed by atoms with Crippen LogP contribution in [0.3, 0.4) is 0 Å². The molecular formula is C14H17BrN4O2. The maximum absolute atomic E-state index is 11.2. The first kappa shape index (κ1) is 15.5. The Morgan fingerprint density at radius 1 is 1.43 bits per heavy atom. The van der Waals surface area contributed by atoms with E-state index in [4.69, 9.17) is 0 Å². The molecule has 0 aliphatic rings. The van der Waals surface area contributed by atoms with Gasteiger partial charge < -0.3 is 5.32 Å². The molecule has 7 heteroatoms. The minimum absolute atomic E-state index is 0.0925. The van der Waals surface area contributed by atoms with Crippen LogP contribution in [0.4, 0.5) is 11.4 Å². The summed E-state index contributed by atoms with van der Waals surface area (Å²) in [5.74, 6) is 0. The van der Waals surface area contributed by atoms with Gasteiger partial charge >= 0.3 is 0 Å². The van der Waals surface area contributed by atoms with Crippen LogP contribution in [0, 0.1) is 24.0 Å². The number of nitro groups is 1. The third kappa shape index (κ3) is 3.24. The maximum Gasteiger partial charge on any atom is 0.292 e. The van der Waals surface area contributed by atoms with Crippen molar-refractivity contribution in [3.05, 3.63) is 49.7 Å². The smallest absolute Gasteiger partial charge is 0.292 e. The lowest BCUT2D eigenvalue weighted by Gasteiger charge is -2.08. The Morgan fingerprint density at radius 3 is 2.67 bits per heavy atom. The summed E-state index contributed by atoms with van der Waals surface area (Å²) >= 11 is 3.48. The van der Waals surface area contributed by atoms with Crippen molar-refractivity contribution in [3.63, 3.8) is 0 Å². The Morgan fingerprint density at radius 2 is 2.14 bits per heavy atom. The van der Waals surface area contributed by atoms with Crippen molar-refractivity contribution in [2.45, 2.75) is 27.3 Å². The van der Waals surface area contributed by atoms with Crippen molar-refractivity contribution < 1.29 is 4.92 Å². The number of hydrogen-bond acceptors (Lipinski definition) is 4. The number of halogens is 1. The van der Waals surface area contributed by atoms with Crippen LogP contribution in [0.25, 0.3) is 0 Å². The number of aryl methyl sites for hydroxylation is 1. The molecule has 0 aliphatic carbocycles. The molecule has 21 heavy (non-hydrogen) atoms. The molecule has 0 radical (unpaired) electrons. The normalized spacial score (nSPS) is 10.7. The van der Waals surface area contributed by atoms with Crippen molar-refractivity contribution in [1.29, 1.82) is 0 Å². The first-order valence-corrected chi connectivity index (χ1v) is 7.44. The van der Waals surface area contributed by atoms with Crippen LogP contribution < -0.4 is 5.32 Å². The van der Waals surface area contributed by atoms with Gasteiger partial charge in [-0.3, -0.25) is 14.8 Å². The van der Waals surface area contributed by atoms with E-state index in [0.29, 0.717) is 18.8 Å². The molecule has 2 aromatic rings. The molecule has 0 amide bonds.